The lowest BCUT2D eigenvalue weighted by Crippen LogP contribution is -2.43. The van der Waals surface area contributed by atoms with E-state index in [1.54, 1.807) is 0 Å². The molecule has 0 amide bonds. The van der Waals surface area contributed by atoms with E-state index in [0.29, 0.717) is 0 Å². The summed E-state index contributed by atoms with van der Waals surface area (Å²) >= 11 is 0. The number of aliphatic hydroxyl groups excluding tert-OH is 1. The van der Waals surface area contributed by atoms with Crippen LogP contribution in [0.25, 0.3) is 0 Å². The molecule has 0 radical (unpaired) electrons. The Hall–Kier alpha value is -1.06. The van der Waals surface area contributed by atoms with Crippen molar-refractivity contribution in [1.29, 1.82) is 0 Å². The first kappa shape index (κ1) is 18.0. The highest BCUT2D eigenvalue weighted by atomic mass is 16.5. The van der Waals surface area contributed by atoms with E-state index in [1.807, 2.05) is 26.1 Å². The second kappa shape index (κ2) is 7.81. The van der Waals surface area contributed by atoms with Crippen LogP contribution in [0, 0.1) is 0 Å². The van der Waals surface area contributed by atoms with Crippen molar-refractivity contribution in [2.45, 2.75) is 57.9 Å². The van der Waals surface area contributed by atoms with E-state index in [1.165, 1.54) is 5.56 Å². The van der Waals surface area contributed by atoms with Gasteiger partial charge in [0.15, 0.2) is 0 Å². The lowest BCUT2D eigenvalue weighted by molar-refractivity contribution is 0.168. The van der Waals surface area contributed by atoms with Crippen LogP contribution in [0.3, 0.4) is 0 Å². The SMILES string of the molecule is CNC(C)(CO)CCCCOc1ccc(C(C)(C)C)cc1. The summed E-state index contributed by atoms with van der Waals surface area (Å²) in [6.45, 7) is 9.56. The zero-order valence-corrected chi connectivity index (χ0v) is 14.2. The zero-order valence-electron chi connectivity index (χ0n) is 14.2. The molecule has 1 atom stereocenters. The van der Waals surface area contributed by atoms with Gasteiger partial charge in [0.1, 0.15) is 5.75 Å². The minimum atomic E-state index is -0.172. The number of hydrogen-bond acceptors (Lipinski definition) is 3. The minimum absolute atomic E-state index is 0.165. The van der Waals surface area contributed by atoms with E-state index in [9.17, 15) is 5.11 Å². The van der Waals surface area contributed by atoms with Gasteiger partial charge in [0.2, 0.25) is 0 Å². The number of aliphatic hydroxyl groups is 1. The first-order valence-corrected chi connectivity index (χ1v) is 7.84. The number of rotatable bonds is 8. The van der Waals surface area contributed by atoms with E-state index in [4.69, 9.17) is 4.74 Å². The third-order valence-corrected chi connectivity index (χ3v) is 4.06. The number of hydrogen-bond donors (Lipinski definition) is 2. The Bertz CT molecular complexity index is 402. The van der Waals surface area contributed by atoms with Crippen LogP contribution in [-0.4, -0.2) is 30.9 Å². The Morgan fingerprint density at radius 3 is 2.14 bits per heavy atom. The molecule has 120 valence electrons. The first-order valence-electron chi connectivity index (χ1n) is 7.84. The predicted molar refractivity (Wildman–Crippen MR) is 89.0 cm³/mol. The minimum Gasteiger partial charge on any atom is -0.494 e. The molecule has 1 aromatic rings. The van der Waals surface area contributed by atoms with Gasteiger partial charge in [-0.3, -0.25) is 0 Å². The molecule has 1 aromatic carbocycles. The molecule has 0 bridgehead atoms. The van der Waals surface area contributed by atoms with Crippen LogP contribution < -0.4 is 10.1 Å². The van der Waals surface area contributed by atoms with Crippen LogP contribution in [0.5, 0.6) is 5.75 Å². The molecule has 0 heterocycles. The molecule has 0 aromatic heterocycles. The van der Waals surface area contributed by atoms with Crippen molar-refractivity contribution in [3.8, 4) is 5.75 Å². The number of nitrogens with one attached hydrogen (secondary N) is 1. The molecular formula is C18H31NO2. The fourth-order valence-corrected chi connectivity index (χ4v) is 2.14. The molecule has 0 aliphatic heterocycles. The Morgan fingerprint density at radius 1 is 1.05 bits per heavy atom. The second-order valence-electron chi connectivity index (χ2n) is 7.05. The topological polar surface area (TPSA) is 41.5 Å². The zero-order chi connectivity index (χ0) is 15.9. The molecule has 0 fully saturated rings. The Kier molecular flexibility index (Phi) is 6.69. The smallest absolute Gasteiger partial charge is 0.119 e. The third-order valence-electron chi connectivity index (χ3n) is 4.06. The number of ether oxygens (including phenoxy) is 1. The highest BCUT2D eigenvalue weighted by Crippen LogP contribution is 2.24. The molecule has 0 saturated carbocycles. The quantitative estimate of drug-likeness (QED) is 0.721. The summed E-state index contributed by atoms with van der Waals surface area (Å²) in [5.41, 5.74) is 1.33. The van der Waals surface area contributed by atoms with Crippen molar-refractivity contribution in [2.75, 3.05) is 20.3 Å². The van der Waals surface area contributed by atoms with Gasteiger partial charge in [-0.15, -0.1) is 0 Å². The summed E-state index contributed by atoms with van der Waals surface area (Å²) in [6.07, 6.45) is 2.99. The molecular weight excluding hydrogens is 262 g/mol. The molecule has 0 saturated heterocycles. The summed E-state index contributed by atoms with van der Waals surface area (Å²) in [6, 6.07) is 8.37. The highest BCUT2D eigenvalue weighted by molar-refractivity contribution is 5.31. The van der Waals surface area contributed by atoms with Crippen molar-refractivity contribution in [3.63, 3.8) is 0 Å². The van der Waals surface area contributed by atoms with Crippen LogP contribution in [0.1, 0.15) is 52.5 Å². The van der Waals surface area contributed by atoms with E-state index in [2.05, 4.69) is 38.2 Å². The van der Waals surface area contributed by atoms with Crippen LogP contribution in [-0.2, 0) is 5.41 Å². The number of unbranched alkanes of at least 4 members (excludes halogenated alkanes) is 1. The number of likely N-dealkylation sites (N-methyl/N-ethyl adjacent to an activating group) is 1. The first-order chi connectivity index (χ1) is 9.80. The molecule has 0 aliphatic rings. The molecule has 1 unspecified atom stereocenters. The fraction of sp³-hybridized carbons (Fsp3) is 0.667. The van der Waals surface area contributed by atoms with Gasteiger partial charge in [0.25, 0.3) is 0 Å². The molecule has 2 N–H and O–H groups in total. The van der Waals surface area contributed by atoms with Crippen molar-refractivity contribution >= 4 is 0 Å². The lowest BCUT2D eigenvalue weighted by atomic mass is 9.87. The van der Waals surface area contributed by atoms with Crippen LogP contribution >= 0.6 is 0 Å². The Morgan fingerprint density at radius 2 is 1.67 bits per heavy atom. The maximum Gasteiger partial charge on any atom is 0.119 e. The average molecular weight is 293 g/mol. The van der Waals surface area contributed by atoms with E-state index >= 15 is 0 Å². The maximum absolute atomic E-state index is 9.32. The molecule has 3 nitrogen and oxygen atoms in total. The second-order valence-corrected chi connectivity index (χ2v) is 7.05. The fourth-order valence-electron chi connectivity index (χ4n) is 2.14. The summed E-state index contributed by atoms with van der Waals surface area (Å²) in [5.74, 6) is 0.932. The van der Waals surface area contributed by atoms with Gasteiger partial charge in [-0.2, -0.15) is 0 Å². The van der Waals surface area contributed by atoms with E-state index in [0.717, 1.165) is 31.6 Å². The largest absolute Gasteiger partial charge is 0.494 e. The van der Waals surface area contributed by atoms with E-state index < -0.39 is 0 Å². The lowest BCUT2D eigenvalue weighted by Gasteiger charge is -2.26. The summed E-state index contributed by atoms with van der Waals surface area (Å²) in [7, 11) is 1.89. The van der Waals surface area contributed by atoms with Gasteiger partial charge in [-0.25, -0.2) is 0 Å². The van der Waals surface area contributed by atoms with Crippen molar-refractivity contribution in [1.82, 2.24) is 5.32 Å². The standard InChI is InChI=1S/C18H31NO2/c1-17(2,3)15-8-10-16(11-9-15)21-13-7-6-12-18(4,14-20)19-5/h8-11,19-20H,6-7,12-14H2,1-5H3. The van der Waals surface area contributed by atoms with Gasteiger partial charge in [-0.1, -0.05) is 32.9 Å². The summed E-state index contributed by atoms with van der Waals surface area (Å²) in [4.78, 5) is 0. The van der Waals surface area contributed by atoms with Crippen LogP contribution in [0.4, 0.5) is 0 Å². The summed E-state index contributed by atoms with van der Waals surface area (Å²) < 4.78 is 5.77. The van der Waals surface area contributed by atoms with Gasteiger partial charge >= 0.3 is 0 Å². The van der Waals surface area contributed by atoms with Gasteiger partial charge < -0.3 is 15.2 Å². The third kappa shape index (κ3) is 6.06. The normalized spacial score (nSPS) is 14.8. The summed E-state index contributed by atoms with van der Waals surface area (Å²) in [5, 5.41) is 12.5. The van der Waals surface area contributed by atoms with Gasteiger partial charge in [0, 0.05) is 5.54 Å². The Balaban J connectivity index is 2.30. The number of benzene rings is 1. The molecule has 21 heavy (non-hydrogen) atoms. The van der Waals surface area contributed by atoms with Crippen molar-refractivity contribution in [2.24, 2.45) is 0 Å². The molecule has 0 spiro atoms. The average Bonchev–Trinajstić information content (AvgIpc) is 2.46. The highest BCUT2D eigenvalue weighted by Gasteiger charge is 2.19. The van der Waals surface area contributed by atoms with Crippen LogP contribution in [0.2, 0.25) is 0 Å². The molecule has 3 heteroatoms. The maximum atomic E-state index is 9.32. The van der Waals surface area contributed by atoms with Gasteiger partial charge in [0.05, 0.1) is 13.2 Å². The molecule has 1 rings (SSSR count). The van der Waals surface area contributed by atoms with E-state index in [-0.39, 0.29) is 17.6 Å². The van der Waals surface area contributed by atoms with Crippen LogP contribution in [0.15, 0.2) is 24.3 Å². The van der Waals surface area contributed by atoms with Crippen molar-refractivity contribution in [3.05, 3.63) is 29.8 Å². The molecule has 0 aliphatic carbocycles. The predicted octanol–water partition coefficient (Wildman–Crippen LogP) is 3.50. The monoisotopic (exact) mass is 293 g/mol. The van der Waals surface area contributed by atoms with Gasteiger partial charge in [-0.05, 0) is 56.3 Å². The van der Waals surface area contributed by atoms with Crippen molar-refractivity contribution < 1.29 is 9.84 Å². The Labute approximate surface area is 129 Å².